The van der Waals surface area contributed by atoms with Crippen LogP contribution in [0.1, 0.15) is 21.5 Å². The summed E-state index contributed by atoms with van der Waals surface area (Å²) in [5.41, 5.74) is 5.31. The standard InChI is InChI=1S/C26H21NO3/c1-30-24(29)16-15-20-13-8-14-23-25(20)22(18-28)26(21-11-6-3-7-12-21)27(23)17-19-9-4-2-5-10-19/h2-16,18H,17H2,1H3/b16-15+. The van der Waals surface area contributed by atoms with Gasteiger partial charge in [-0.15, -0.1) is 0 Å². The maximum Gasteiger partial charge on any atom is 0.330 e. The molecule has 0 aliphatic rings. The largest absolute Gasteiger partial charge is 0.466 e. The summed E-state index contributed by atoms with van der Waals surface area (Å²) in [6.45, 7) is 0.625. The Balaban J connectivity index is 2.01. The Morgan fingerprint density at radius 3 is 2.30 bits per heavy atom. The number of aromatic nitrogens is 1. The summed E-state index contributed by atoms with van der Waals surface area (Å²) in [4.78, 5) is 23.9. The van der Waals surface area contributed by atoms with Crippen molar-refractivity contribution in [3.63, 3.8) is 0 Å². The van der Waals surface area contributed by atoms with Crippen molar-refractivity contribution in [2.75, 3.05) is 7.11 Å². The number of aldehydes is 1. The first-order chi connectivity index (χ1) is 14.7. The average molecular weight is 395 g/mol. The van der Waals surface area contributed by atoms with Crippen LogP contribution < -0.4 is 0 Å². The van der Waals surface area contributed by atoms with E-state index in [9.17, 15) is 9.59 Å². The van der Waals surface area contributed by atoms with E-state index in [1.807, 2.05) is 66.7 Å². The minimum Gasteiger partial charge on any atom is -0.466 e. The van der Waals surface area contributed by atoms with Crippen molar-refractivity contribution in [1.82, 2.24) is 4.57 Å². The summed E-state index contributed by atoms with van der Waals surface area (Å²) < 4.78 is 6.88. The van der Waals surface area contributed by atoms with Crippen molar-refractivity contribution in [3.05, 3.63) is 102 Å². The molecule has 0 amide bonds. The van der Waals surface area contributed by atoms with E-state index in [1.165, 1.54) is 13.2 Å². The highest BCUT2D eigenvalue weighted by Crippen LogP contribution is 2.36. The van der Waals surface area contributed by atoms with Crippen LogP contribution in [0.15, 0.2) is 84.9 Å². The number of nitrogens with zero attached hydrogens (tertiary/aromatic N) is 1. The zero-order valence-corrected chi connectivity index (χ0v) is 16.6. The monoisotopic (exact) mass is 395 g/mol. The van der Waals surface area contributed by atoms with E-state index in [-0.39, 0.29) is 0 Å². The molecule has 1 heterocycles. The molecule has 0 atom stereocenters. The molecule has 0 fully saturated rings. The minimum atomic E-state index is -0.438. The fourth-order valence-corrected chi connectivity index (χ4v) is 3.78. The Labute approximate surface area is 175 Å². The molecule has 0 spiro atoms. The molecular formula is C26H21NO3. The van der Waals surface area contributed by atoms with E-state index in [0.717, 1.165) is 39.6 Å². The first-order valence-corrected chi connectivity index (χ1v) is 9.68. The predicted molar refractivity (Wildman–Crippen MR) is 119 cm³/mol. The molecule has 0 aliphatic heterocycles. The second kappa shape index (κ2) is 8.62. The lowest BCUT2D eigenvalue weighted by Gasteiger charge is -2.12. The van der Waals surface area contributed by atoms with E-state index in [1.54, 1.807) is 6.08 Å². The summed E-state index contributed by atoms with van der Waals surface area (Å²) >= 11 is 0. The third-order valence-corrected chi connectivity index (χ3v) is 5.11. The molecule has 4 heteroatoms. The Bertz CT molecular complexity index is 1220. The summed E-state index contributed by atoms with van der Waals surface area (Å²) in [7, 11) is 1.34. The third-order valence-electron chi connectivity index (χ3n) is 5.11. The number of carbonyl (C=O) groups excluding carboxylic acids is 2. The Morgan fingerprint density at radius 2 is 1.63 bits per heavy atom. The van der Waals surface area contributed by atoms with E-state index >= 15 is 0 Å². The molecule has 3 aromatic carbocycles. The zero-order chi connectivity index (χ0) is 20.9. The number of carbonyl (C=O) groups is 2. The van der Waals surface area contributed by atoms with Gasteiger partial charge in [-0.1, -0.05) is 72.8 Å². The molecule has 4 rings (SSSR count). The quantitative estimate of drug-likeness (QED) is 0.251. The van der Waals surface area contributed by atoms with E-state index < -0.39 is 5.97 Å². The molecular weight excluding hydrogens is 374 g/mol. The first-order valence-electron chi connectivity index (χ1n) is 9.68. The van der Waals surface area contributed by atoms with Crippen LogP contribution in [0.25, 0.3) is 28.2 Å². The van der Waals surface area contributed by atoms with Gasteiger partial charge in [-0.05, 0) is 28.8 Å². The van der Waals surface area contributed by atoms with Gasteiger partial charge in [0.1, 0.15) is 0 Å². The maximum atomic E-state index is 12.3. The van der Waals surface area contributed by atoms with Gasteiger partial charge in [-0.25, -0.2) is 4.79 Å². The molecule has 1 aromatic heterocycles. The van der Waals surface area contributed by atoms with E-state index in [4.69, 9.17) is 4.74 Å². The number of hydrogen-bond acceptors (Lipinski definition) is 3. The number of hydrogen-bond donors (Lipinski definition) is 0. The van der Waals surface area contributed by atoms with Crippen LogP contribution in [-0.2, 0) is 16.1 Å². The maximum absolute atomic E-state index is 12.3. The highest BCUT2D eigenvalue weighted by atomic mass is 16.5. The Morgan fingerprint density at radius 1 is 0.933 bits per heavy atom. The number of rotatable bonds is 6. The molecule has 30 heavy (non-hydrogen) atoms. The van der Waals surface area contributed by atoms with E-state index in [0.29, 0.717) is 12.1 Å². The summed E-state index contributed by atoms with van der Waals surface area (Å²) in [5.74, 6) is -0.438. The lowest BCUT2D eigenvalue weighted by Crippen LogP contribution is -2.02. The van der Waals surface area contributed by atoms with Gasteiger partial charge in [0.2, 0.25) is 0 Å². The number of ether oxygens (including phenoxy) is 1. The molecule has 0 aliphatic carbocycles. The summed E-state index contributed by atoms with van der Waals surface area (Å²) in [6, 6.07) is 25.9. The number of esters is 1. The normalized spacial score (nSPS) is 11.1. The van der Waals surface area contributed by atoms with Crippen molar-refractivity contribution in [1.29, 1.82) is 0 Å². The van der Waals surface area contributed by atoms with Crippen LogP contribution in [0.4, 0.5) is 0 Å². The molecule has 0 N–H and O–H groups in total. The van der Waals surface area contributed by atoms with Gasteiger partial charge in [0, 0.05) is 23.6 Å². The van der Waals surface area contributed by atoms with Gasteiger partial charge in [-0.2, -0.15) is 0 Å². The van der Waals surface area contributed by atoms with Crippen LogP contribution in [0, 0.1) is 0 Å². The molecule has 0 radical (unpaired) electrons. The molecule has 0 saturated heterocycles. The SMILES string of the molecule is COC(=O)/C=C/c1cccc2c1c(C=O)c(-c1ccccc1)n2Cc1ccccc1. The van der Waals surface area contributed by atoms with Gasteiger partial charge in [0.05, 0.1) is 18.3 Å². The van der Waals surface area contributed by atoms with Crippen LogP contribution in [-0.4, -0.2) is 23.9 Å². The Hall–Kier alpha value is -3.92. The number of fused-ring (bicyclic) bond motifs is 1. The van der Waals surface area contributed by atoms with Crippen LogP contribution in [0.2, 0.25) is 0 Å². The number of methoxy groups -OCH3 is 1. The smallest absolute Gasteiger partial charge is 0.330 e. The van der Waals surface area contributed by atoms with Crippen molar-refractivity contribution >= 4 is 29.2 Å². The minimum absolute atomic E-state index is 0.438. The molecule has 148 valence electrons. The number of benzene rings is 3. The van der Waals surface area contributed by atoms with E-state index in [2.05, 4.69) is 16.7 Å². The molecule has 0 saturated carbocycles. The topological polar surface area (TPSA) is 48.3 Å². The van der Waals surface area contributed by atoms with Gasteiger partial charge < -0.3 is 9.30 Å². The fourth-order valence-electron chi connectivity index (χ4n) is 3.78. The van der Waals surface area contributed by atoms with Crippen molar-refractivity contribution < 1.29 is 14.3 Å². The van der Waals surface area contributed by atoms with Gasteiger partial charge in [-0.3, -0.25) is 4.79 Å². The van der Waals surface area contributed by atoms with Crippen LogP contribution in [0.5, 0.6) is 0 Å². The first kappa shape index (κ1) is 19.4. The van der Waals surface area contributed by atoms with Gasteiger partial charge in [0.25, 0.3) is 0 Å². The zero-order valence-electron chi connectivity index (χ0n) is 16.6. The average Bonchev–Trinajstić information content (AvgIpc) is 3.12. The molecule has 0 unspecified atom stereocenters. The molecule has 4 nitrogen and oxygen atoms in total. The second-order valence-corrected chi connectivity index (χ2v) is 6.92. The highest BCUT2D eigenvalue weighted by molar-refractivity contribution is 6.09. The molecule has 4 aromatic rings. The van der Waals surface area contributed by atoms with Crippen LogP contribution >= 0.6 is 0 Å². The fraction of sp³-hybridized carbons (Fsp3) is 0.0769. The van der Waals surface area contributed by atoms with Gasteiger partial charge in [0.15, 0.2) is 6.29 Å². The second-order valence-electron chi connectivity index (χ2n) is 6.92. The third kappa shape index (κ3) is 3.67. The van der Waals surface area contributed by atoms with Crippen LogP contribution in [0.3, 0.4) is 0 Å². The van der Waals surface area contributed by atoms with Crippen molar-refractivity contribution in [3.8, 4) is 11.3 Å². The summed E-state index contributed by atoms with van der Waals surface area (Å²) in [5, 5.41) is 0.822. The van der Waals surface area contributed by atoms with Gasteiger partial charge >= 0.3 is 5.97 Å². The summed E-state index contributed by atoms with van der Waals surface area (Å²) in [6.07, 6.45) is 3.98. The molecule has 0 bridgehead atoms. The van der Waals surface area contributed by atoms with Crippen molar-refractivity contribution in [2.24, 2.45) is 0 Å². The Kier molecular flexibility index (Phi) is 5.57. The van der Waals surface area contributed by atoms with Crippen molar-refractivity contribution in [2.45, 2.75) is 6.54 Å². The predicted octanol–water partition coefficient (Wildman–Crippen LogP) is 5.36. The lowest BCUT2D eigenvalue weighted by atomic mass is 10.0. The highest BCUT2D eigenvalue weighted by Gasteiger charge is 2.20. The lowest BCUT2D eigenvalue weighted by molar-refractivity contribution is -0.134.